The van der Waals surface area contributed by atoms with Crippen LogP contribution >= 0.6 is 0 Å². The van der Waals surface area contributed by atoms with E-state index >= 15 is 0 Å². The summed E-state index contributed by atoms with van der Waals surface area (Å²) in [5, 5.41) is 0. The van der Waals surface area contributed by atoms with Gasteiger partial charge in [-0.05, 0) is 46.1 Å². The van der Waals surface area contributed by atoms with E-state index in [4.69, 9.17) is 23.7 Å². The minimum absolute atomic E-state index is 0.0220. The number of amides is 1. The van der Waals surface area contributed by atoms with Crippen LogP contribution in [0.1, 0.15) is 40.0 Å². The molecule has 180 valence electrons. The van der Waals surface area contributed by atoms with E-state index in [0.29, 0.717) is 25.6 Å². The van der Waals surface area contributed by atoms with E-state index in [-0.39, 0.29) is 47.6 Å². The van der Waals surface area contributed by atoms with Crippen molar-refractivity contribution in [1.29, 1.82) is 0 Å². The molecule has 1 saturated carbocycles. The van der Waals surface area contributed by atoms with Crippen LogP contribution in [0.3, 0.4) is 0 Å². The Morgan fingerprint density at radius 2 is 2.12 bits per heavy atom. The Kier molecular flexibility index (Phi) is 5.87. The first kappa shape index (κ1) is 22.6. The Bertz CT molecular complexity index is 893. The first-order valence-corrected chi connectivity index (χ1v) is 11.9. The first-order valence-electron chi connectivity index (χ1n) is 11.9. The van der Waals surface area contributed by atoms with Gasteiger partial charge in [0.1, 0.15) is 29.5 Å². The molecule has 8 nitrogen and oxygen atoms in total. The zero-order chi connectivity index (χ0) is 23.2. The van der Waals surface area contributed by atoms with Gasteiger partial charge in [0.05, 0.1) is 31.7 Å². The molecule has 4 aliphatic rings. The molecule has 0 bridgehead atoms. The second-order valence-electron chi connectivity index (χ2n) is 10.1. The molecule has 4 heterocycles. The number of hydrogen-bond donors (Lipinski definition) is 0. The summed E-state index contributed by atoms with van der Waals surface area (Å²) in [6.07, 6.45) is 5.48. The van der Waals surface area contributed by atoms with Crippen LogP contribution in [0.2, 0.25) is 0 Å². The molecule has 1 aliphatic carbocycles. The van der Waals surface area contributed by atoms with Crippen LogP contribution in [-0.4, -0.2) is 78.4 Å². The van der Waals surface area contributed by atoms with Crippen molar-refractivity contribution in [3.05, 3.63) is 36.0 Å². The SMILES string of the molecule is CO[C@@H]1[C@H](OC(=O)N2CC(Oc3ccccn3)C2)CC[C@]2(CO2)[C@H]1[C@@]1(C)O[C@@H]1CC=C(C)C. The van der Waals surface area contributed by atoms with E-state index in [2.05, 4.69) is 31.8 Å². The summed E-state index contributed by atoms with van der Waals surface area (Å²) in [5.74, 6) is 0.592. The van der Waals surface area contributed by atoms with Crippen molar-refractivity contribution in [1.82, 2.24) is 9.88 Å². The second-order valence-corrected chi connectivity index (χ2v) is 10.1. The summed E-state index contributed by atoms with van der Waals surface area (Å²) in [6, 6.07) is 5.53. The number of likely N-dealkylation sites (tertiary alicyclic amines) is 1. The van der Waals surface area contributed by atoms with Crippen LogP contribution in [0, 0.1) is 5.92 Å². The Morgan fingerprint density at radius 1 is 1.33 bits per heavy atom. The quantitative estimate of drug-likeness (QED) is 0.457. The third-order valence-electron chi connectivity index (χ3n) is 7.52. The van der Waals surface area contributed by atoms with E-state index in [1.807, 2.05) is 18.2 Å². The lowest BCUT2D eigenvalue weighted by Crippen LogP contribution is -2.59. The molecule has 8 heteroatoms. The maximum absolute atomic E-state index is 12.9. The van der Waals surface area contributed by atoms with Crippen molar-refractivity contribution in [2.45, 2.75) is 75.7 Å². The van der Waals surface area contributed by atoms with E-state index in [0.717, 1.165) is 19.3 Å². The van der Waals surface area contributed by atoms with Gasteiger partial charge >= 0.3 is 6.09 Å². The molecule has 0 aromatic carbocycles. The minimum Gasteiger partial charge on any atom is -0.471 e. The van der Waals surface area contributed by atoms with Crippen LogP contribution in [0.25, 0.3) is 0 Å². The molecule has 33 heavy (non-hydrogen) atoms. The van der Waals surface area contributed by atoms with Crippen LogP contribution in [0.15, 0.2) is 36.0 Å². The molecular formula is C25H34N2O6. The summed E-state index contributed by atoms with van der Waals surface area (Å²) in [5.41, 5.74) is 0.715. The van der Waals surface area contributed by atoms with Crippen molar-refractivity contribution < 1.29 is 28.5 Å². The highest BCUT2D eigenvalue weighted by Gasteiger charge is 2.72. The molecule has 3 saturated heterocycles. The van der Waals surface area contributed by atoms with Gasteiger partial charge in [0.25, 0.3) is 0 Å². The van der Waals surface area contributed by atoms with Gasteiger partial charge < -0.3 is 28.6 Å². The number of allylic oxidation sites excluding steroid dienone is 1. The fraction of sp³-hybridized carbons (Fsp3) is 0.680. The Balaban J connectivity index is 1.20. The van der Waals surface area contributed by atoms with Gasteiger partial charge in [-0.15, -0.1) is 0 Å². The Hall–Kier alpha value is -2.16. The van der Waals surface area contributed by atoms with E-state index in [1.54, 1.807) is 18.2 Å². The molecular weight excluding hydrogens is 424 g/mol. The zero-order valence-electron chi connectivity index (χ0n) is 19.9. The number of ether oxygens (including phenoxy) is 5. The number of rotatable bonds is 7. The number of epoxide rings is 2. The smallest absolute Gasteiger partial charge is 0.410 e. The second kappa shape index (κ2) is 8.56. The fourth-order valence-electron chi connectivity index (χ4n) is 5.52. The van der Waals surface area contributed by atoms with Crippen molar-refractivity contribution in [3.63, 3.8) is 0 Å². The standard InChI is InChI=1S/C25H34N2O6/c1-16(2)8-9-19-24(3,33-19)22-21(29-4)18(10-11-25(22)15-30-25)32-23(28)27-13-17(14-27)31-20-7-5-6-12-26-20/h5-8,12,17-19,21-22H,9-11,13-15H2,1-4H3/t18-,19-,21-,22-,24+,25+/m1/s1. The first-order chi connectivity index (χ1) is 15.8. The number of aromatic nitrogens is 1. The Morgan fingerprint density at radius 3 is 2.76 bits per heavy atom. The van der Waals surface area contributed by atoms with Gasteiger partial charge in [0, 0.05) is 19.4 Å². The van der Waals surface area contributed by atoms with Crippen molar-refractivity contribution in [3.8, 4) is 5.88 Å². The maximum atomic E-state index is 12.9. The normalized spacial score (nSPS) is 37.3. The molecule has 5 rings (SSSR count). The van der Waals surface area contributed by atoms with Crippen molar-refractivity contribution in [2.24, 2.45) is 5.92 Å². The molecule has 0 unspecified atom stereocenters. The lowest BCUT2D eigenvalue weighted by atomic mass is 9.68. The summed E-state index contributed by atoms with van der Waals surface area (Å²) in [4.78, 5) is 18.7. The number of nitrogens with zero attached hydrogens (tertiary/aromatic N) is 2. The van der Waals surface area contributed by atoms with Gasteiger partial charge in [-0.25, -0.2) is 9.78 Å². The molecule has 4 fully saturated rings. The minimum atomic E-state index is -0.341. The number of pyridine rings is 1. The molecule has 6 atom stereocenters. The molecule has 0 N–H and O–H groups in total. The molecule has 1 amide bonds. The van der Waals surface area contributed by atoms with Gasteiger partial charge in [-0.3, -0.25) is 0 Å². The predicted octanol–water partition coefficient (Wildman–Crippen LogP) is 3.36. The third-order valence-corrected chi connectivity index (χ3v) is 7.52. The number of hydrogen-bond acceptors (Lipinski definition) is 7. The van der Waals surface area contributed by atoms with E-state index < -0.39 is 0 Å². The average molecular weight is 459 g/mol. The number of carbonyl (C=O) groups is 1. The summed E-state index contributed by atoms with van der Waals surface area (Å²) in [7, 11) is 1.69. The van der Waals surface area contributed by atoms with Crippen molar-refractivity contribution >= 4 is 6.09 Å². The van der Waals surface area contributed by atoms with Gasteiger partial charge in [-0.2, -0.15) is 0 Å². The highest BCUT2D eigenvalue weighted by molar-refractivity contribution is 5.69. The summed E-state index contributed by atoms with van der Waals surface area (Å²) in [6.45, 7) is 8.03. The van der Waals surface area contributed by atoms with E-state index in [1.165, 1.54) is 5.57 Å². The topological polar surface area (TPSA) is 86.0 Å². The predicted molar refractivity (Wildman–Crippen MR) is 120 cm³/mol. The number of methoxy groups -OCH3 is 1. The highest BCUT2D eigenvalue weighted by Crippen LogP contribution is 2.59. The third kappa shape index (κ3) is 4.36. The summed E-state index contributed by atoms with van der Waals surface area (Å²) >= 11 is 0. The van der Waals surface area contributed by atoms with Crippen LogP contribution in [0.4, 0.5) is 4.79 Å². The summed E-state index contributed by atoms with van der Waals surface area (Å²) < 4.78 is 29.9. The Labute approximate surface area is 195 Å². The van der Waals surface area contributed by atoms with Gasteiger partial charge in [0.15, 0.2) is 0 Å². The highest BCUT2D eigenvalue weighted by atomic mass is 16.6. The lowest BCUT2D eigenvalue weighted by molar-refractivity contribution is -0.125. The maximum Gasteiger partial charge on any atom is 0.410 e. The largest absolute Gasteiger partial charge is 0.471 e. The van der Waals surface area contributed by atoms with Crippen LogP contribution < -0.4 is 4.74 Å². The molecule has 0 radical (unpaired) electrons. The lowest BCUT2D eigenvalue weighted by Gasteiger charge is -2.44. The molecule has 1 aromatic heterocycles. The molecule has 1 aromatic rings. The van der Waals surface area contributed by atoms with Gasteiger partial charge in [-0.1, -0.05) is 17.7 Å². The van der Waals surface area contributed by atoms with E-state index in [9.17, 15) is 4.79 Å². The average Bonchev–Trinajstić information content (AvgIpc) is 3.68. The molecule has 3 aliphatic heterocycles. The van der Waals surface area contributed by atoms with Gasteiger partial charge in [0.2, 0.25) is 5.88 Å². The van der Waals surface area contributed by atoms with Crippen molar-refractivity contribution in [2.75, 3.05) is 26.8 Å². The zero-order valence-corrected chi connectivity index (χ0v) is 19.9. The number of carbonyl (C=O) groups excluding carboxylic acids is 1. The molecule has 1 spiro atoms. The monoisotopic (exact) mass is 458 g/mol. The van der Waals surface area contributed by atoms with Crippen LogP contribution in [0.5, 0.6) is 5.88 Å². The van der Waals surface area contributed by atoms with Crippen LogP contribution in [-0.2, 0) is 18.9 Å². The fourth-order valence-corrected chi connectivity index (χ4v) is 5.52.